The molecule has 9 rings (SSSR count). The third-order valence-electron chi connectivity index (χ3n) is 20.8. The fourth-order valence-corrected chi connectivity index (χ4v) is 17.5. The van der Waals surface area contributed by atoms with Crippen LogP contribution in [0.2, 0.25) is 0 Å². The summed E-state index contributed by atoms with van der Waals surface area (Å²) in [5, 5.41) is 79.7. The fourth-order valence-electron chi connectivity index (χ4n) is 16.7. The molecule has 0 bridgehead atoms. The molecule has 28 atom stereocenters. The predicted molar refractivity (Wildman–Crippen MR) is 287 cm³/mol. The Balaban J connectivity index is 0.00000552. The van der Waals surface area contributed by atoms with Crippen molar-refractivity contribution < 1.29 is 191 Å². The van der Waals surface area contributed by atoms with Crippen molar-refractivity contribution in [1.29, 1.82) is 0 Å². The SMILES string of the molecule is C=C(C)CCC[C@]1(C)OC(=O)[C@]23CC[C@H]4C(=CC[C@H]5C(C)(C)[C@@H](O[C@@H]6OC[C@@H](OS(=O)(=O)[O-])[C@H](O)[C@H]6O[C@@H]6O[C@H](C)[C@@H](O[C@@H]7O[C@H](COS(=O)(=O)[O-])[C@@H](O)[C@H](O[C@@H]8O[C@H](C)[C@@H](O)[C@H](OC)[C@H]8O)[C@H]7O)[C@H](O)[C@H]6O)CC[C@]45C)[C@]2(C)C[C@H](OC(C)=O)[C@@H]31.[Na+].[Na+]. The molecule has 0 amide bonds. The molecular formula is C56H86Na2O28S2. The van der Waals surface area contributed by atoms with E-state index in [0.717, 1.165) is 24.0 Å². The van der Waals surface area contributed by atoms with Gasteiger partial charge in [0.2, 0.25) is 20.8 Å². The normalized spacial score (nSPS) is 47.4. The minimum Gasteiger partial charge on any atom is -0.726 e. The molecule has 0 aromatic carbocycles. The van der Waals surface area contributed by atoms with Gasteiger partial charge in [0, 0.05) is 19.4 Å². The van der Waals surface area contributed by atoms with Crippen molar-refractivity contribution in [3.63, 3.8) is 0 Å². The first kappa shape index (κ1) is 74.9. The largest absolute Gasteiger partial charge is 1.00 e. The first-order chi connectivity index (χ1) is 39.9. The van der Waals surface area contributed by atoms with Crippen LogP contribution in [0.4, 0.5) is 0 Å². The number of cyclic esters (lactones) is 1. The van der Waals surface area contributed by atoms with E-state index >= 15 is 0 Å². The number of fused-ring (bicyclic) bond motifs is 4. The number of hydrogen-bond acceptors (Lipinski definition) is 28. The van der Waals surface area contributed by atoms with E-state index in [1.807, 2.05) is 27.7 Å². The Bertz CT molecular complexity index is 2760. The van der Waals surface area contributed by atoms with Crippen molar-refractivity contribution in [3.05, 3.63) is 23.8 Å². The van der Waals surface area contributed by atoms with Crippen molar-refractivity contribution in [3.8, 4) is 0 Å². The molecule has 5 heterocycles. The van der Waals surface area contributed by atoms with E-state index in [0.29, 0.717) is 44.9 Å². The van der Waals surface area contributed by atoms with Crippen molar-refractivity contribution >= 4 is 32.7 Å². The molecule has 32 heteroatoms. The third-order valence-corrected chi connectivity index (χ3v) is 21.7. The van der Waals surface area contributed by atoms with Gasteiger partial charge in [-0.25, -0.2) is 16.8 Å². The quantitative estimate of drug-likeness (QED) is 0.0208. The molecule has 492 valence electrons. The van der Waals surface area contributed by atoms with Crippen LogP contribution >= 0.6 is 0 Å². The Hall–Kier alpha value is -0.480. The van der Waals surface area contributed by atoms with E-state index < -0.39 is 191 Å². The summed E-state index contributed by atoms with van der Waals surface area (Å²) in [5.41, 5.74) is -1.41. The molecule has 9 aliphatic rings. The maximum Gasteiger partial charge on any atom is 1.00 e. The predicted octanol–water partition coefficient (Wildman–Crippen LogP) is -5.84. The summed E-state index contributed by atoms with van der Waals surface area (Å²) in [7, 11) is -9.69. The molecule has 0 unspecified atom stereocenters. The van der Waals surface area contributed by atoms with Crippen LogP contribution in [0.25, 0.3) is 0 Å². The van der Waals surface area contributed by atoms with E-state index in [1.165, 1.54) is 27.9 Å². The second kappa shape index (κ2) is 27.9. The van der Waals surface area contributed by atoms with Gasteiger partial charge >= 0.3 is 71.1 Å². The van der Waals surface area contributed by atoms with Crippen molar-refractivity contribution in [1.82, 2.24) is 0 Å². The number of ether oxygens (including phenoxy) is 11. The molecule has 3 saturated carbocycles. The Kier molecular flexibility index (Phi) is 23.8. The van der Waals surface area contributed by atoms with Crippen molar-refractivity contribution in [2.24, 2.45) is 39.4 Å². The number of rotatable bonds is 19. The molecule has 4 aliphatic carbocycles. The minimum absolute atomic E-state index is 0. The zero-order valence-electron chi connectivity index (χ0n) is 51.9. The molecule has 0 radical (unpaired) electrons. The summed E-state index contributed by atoms with van der Waals surface area (Å²) in [5.74, 6) is -1.14. The van der Waals surface area contributed by atoms with Crippen LogP contribution in [-0.4, -0.2) is 228 Å². The van der Waals surface area contributed by atoms with Crippen LogP contribution in [-0.2, 0) is 90.9 Å². The second-order valence-electron chi connectivity index (χ2n) is 26.5. The number of esters is 2. The zero-order chi connectivity index (χ0) is 63.3. The van der Waals surface area contributed by atoms with Crippen molar-refractivity contribution in [2.75, 3.05) is 20.3 Å². The van der Waals surface area contributed by atoms with E-state index in [-0.39, 0.29) is 88.3 Å². The molecule has 7 N–H and O–H groups in total. The van der Waals surface area contributed by atoms with Gasteiger partial charge in [0.25, 0.3) is 0 Å². The van der Waals surface area contributed by atoms with E-state index in [4.69, 9.17) is 52.1 Å². The molecular weight excluding hydrogens is 1230 g/mol. The summed E-state index contributed by atoms with van der Waals surface area (Å²) >= 11 is 0. The Morgan fingerprint density at radius 3 is 1.97 bits per heavy atom. The van der Waals surface area contributed by atoms with E-state index in [9.17, 15) is 71.3 Å². The maximum absolute atomic E-state index is 14.7. The number of carbonyl (C=O) groups is 2. The summed E-state index contributed by atoms with van der Waals surface area (Å²) < 4.78 is 145. The van der Waals surface area contributed by atoms with Crippen LogP contribution in [0.3, 0.4) is 0 Å². The molecule has 88 heavy (non-hydrogen) atoms. The smallest absolute Gasteiger partial charge is 0.726 e. The van der Waals surface area contributed by atoms with Gasteiger partial charge in [-0.3, -0.25) is 18.0 Å². The van der Waals surface area contributed by atoms with Gasteiger partial charge < -0.3 is 97.0 Å². The van der Waals surface area contributed by atoms with Crippen LogP contribution < -0.4 is 59.1 Å². The van der Waals surface area contributed by atoms with Crippen molar-refractivity contribution in [2.45, 2.75) is 255 Å². The van der Waals surface area contributed by atoms with Gasteiger partial charge in [0.05, 0.1) is 42.9 Å². The Morgan fingerprint density at radius 2 is 1.34 bits per heavy atom. The Labute approximate surface area is 557 Å². The molecule has 28 nitrogen and oxygen atoms in total. The summed E-state index contributed by atoms with van der Waals surface area (Å²) in [6, 6.07) is 0. The van der Waals surface area contributed by atoms with Gasteiger partial charge in [-0.1, -0.05) is 44.9 Å². The van der Waals surface area contributed by atoms with Crippen LogP contribution in [0, 0.1) is 39.4 Å². The maximum atomic E-state index is 14.7. The molecule has 8 fully saturated rings. The van der Waals surface area contributed by atoms with E-state index in [1.54, 1.807) is 0 Å². The van der Waals surface area contributed by atoms with Gasteiger partial charge in [-0.15, -0.1) is 6.58 Å². The topological polar surface area (TPSA) is 410 Å². The van der Waals surface area contributed by atoms with Crippen LogP contribution in [0.5, 0.6) is 0 Å². The monoisotopic (exact) mass is 1320 g/mol. The Morgan fingerprint density at radius 1 is 0.727 bits per heavy atom. The first-order valence-electron chi connectivity index (χ1n) is 29.4. The van der Waals surface area contributed by atoms with Crippen LogP contribution in [0.15, 0.2) is 23.8 Å². The summed E-state index contributed by atoms with van der Waals surface area (Å²) in [6.45, 7) is 18.8. The average molecular weight is 1320 g/mol. The summed E-state index contributed by atoms with van der Waals surface area (Å²) in [6.07, 6.45) is -27.2. The first-order valence-corrected chi connectivity index (χ1v) is 32.1. The minimum atomic E-state index is -5.47. The average Bonchev–Trinajstić information content (AvgIpc) is 1.52. The third kappa shape index (κ3) is 14.1. The number of aliphatic hydroxyl groups excluding tert-OH is 7. The zero-order valence-corrected chi connectivity index (χ0v) is 57.6. The van der Waals surface area contributed by atoms with Gasteiger partial charge in [-0.05, 0) is 108 Å². The van der Waals surface area contributed by atoms with Gasteiger partial charge in [0.15, 0.2) is 25.2 Å². The number of hydrogen-bond donors (Lipinski definition) is 7. The second-order valence-corrected chi connectivity index (χ2v) is 28.6. The molecule has 5 aliphatic heterocycles. The van der Waals surface area contributed by atoms with Crippen LogP contribution in [0.1, 0.15) is 120 Å². The summed E-state index contributed by atoms with van der Waals surface area (Å²) in [4.78, 5) is 27.5. The number of allylic oxidation sites excluding steroid dienone is 3. The number of carbonyl (C=O) groups excluding carboxylic acids is 2. The standard InChI is InChI=1S/C56H88O28S2.2Na/c1-24(2)13-12-18-55(10)46-30(77-27(5)57)21-54(9)29-14-15-33-52(6,7)34(17-19-53(33,8)28(29)16-20-56(46,54)51(65)83-55)79-50-45(37(60)32(22-73-50)84-86(69,70)71)82-47-39(62)38(61)42(26(4)76-47)80-49-41(64)44(36(59)31(78-49)23-74-85(66,67)68)81-48-40(63)43(72-11)35(58)25(3)75-48;;/h14,25-26,28,30-50,58-64H,1,12-13,15-23H2,2-11H3,(H,66,67,68)(H,69,70,71);;/q;2*+1/p-2/t25-,26-,28+,30+,31-,32-,33+,34+,35-,36-,37+,38-,39-,40-,41-,42-,43+,44+,45-,46-,47+,48+,49+,50+,53-,54+,55+,56-;;/m1../s1. The molecule has 1 spiro atoms. The molecule has 5 saturated heterocycles. The number of aliphatic hydroxyl groups is 7. The van der Waals surface area contributed by atoms with Gasteiger partial charge in [0.1, 0.15) is 91.1 Å². The molecule has 0 aromatic rings. The van der Waals surface area contributed by atoms with E-state index in [2.05, 4.69) is 34.9 Å². The fraction of sp³-hybridized carbons (Fsp3) is 0.893. The van der Waals surface area contributed by atoms with Gasteiger partial charge in [-0.2, -0.15) is 0 Å². The molecule has 0 aromatic heterocycles. The number of methoxy groups -OCH3 is 1.